The van der Waals surface area contributed by atoms with E-state index >= 15 is 0 Å². The molecule has 3 rings (SSSR count). The number of piperidine rings is 1. The van der Waals surface area contributed by atoms with Crippen molar-refractivity contribution in [2.24, 2.45) is 5.92 Å². The quantitative estimate of drug-likeness (QED) is 0.923. The number of aliphatic carboxylic acids is 1. The summed E-state index contributed by atoms with van der Waals surface area (Å²) in [6, 6.07) is 6.45. The Morgan fingerprint density at radius 2 is 2.24 bits per heavy atom. The van der Waals surface area contributed by atoms with E-state index in [0.29, 0.717) is 13.0 Å². The van der Waals surface area contributed by atoms with Gasteiger partial charge in [-0.2, -0.15) is 0 Å². The number of pyridine rings is 1. The average molecular weight is 288 g/mol. The molecule has 4 nitrogen and oxygen atoms in total. The number of hydrogen-bond acceptors (Lipinski definition) is 3. The standard InChI is InChI=1S/C16H17FN2O2/c1-10-7-15(13-8-12(17)4-5-14(13)18-10)19-6-2-3-11(9-19)16(20)21/h4-5,7-8,11H,2-3,6,9H2,1H3,(H,20,21). The number of carboxylic acid groups (broad SMARTS) is 1. The third kappa shape index (κ3) is 2.68. The zero-order chi connectivity index (χ0) is 15.0. The molecular formula is C16H17FN2O2. The van der Waals surface area contributed by atoms with Crippen LogP contribution in [0.15, 0.2) is 24.3 Å². The average Bonchev–Trinajstić information content (AvgIpc) is 2.47. The number of hydrogen-bond donors (Lipinski definition) is 1. The molecule has 1 unspecified atom stereocenters. The van der Waals surface area contributed by atoms with Gasteiger partial charge in [0.1, 0.15) is 5.82 Å². The van der Waals surface area contributed by atoms with Gasteiger partial charge in [0.2, 0.25) is 0 Å². The highest BCUT2D eigenvalue weighted by Gasteiger charge is 2.26. The van der Waals surface area contributed by atoms with E-state index in [1.807, 2.05) is 17.9 Å². The van der Waals surface area contributed by atoms with E-state index < -0.39 is 5.97 Å². The molecule has 1 aliphatic heterocycles. The summed E-state index contributed by atoms with van der Waals surface area (Å²) in [4.78, 5) is 17.7. The molecule has 1 N–H and O–H groups in total. The molecule has 0 spiro atoms. The van der Waals surface area contributed by atoms with Crippen LogP contribution in [-0.2, 0) is 4.79 Å². The molecule has 21 heavy (non-hydrogen) atoms. The zero-order valence-electron chi connectivity index (χ0n) is 11.8. The number of carboxylic acids is 1. The van der Waals surface area contributed by atoms with Crippen LogP contribution in [0.4, 0.5) is 10.1 Å². The van der Waals surface area contributed by atoms with E-state index in [4.69, 9.17) is 0 Å². The van der Waals surface area contributed by atoms with Gasteiger partial charge < -0.3 is 10.0 Å². The highest BCUT2D eigenvalue weighted by atomic mass is 19.1. The van der Waals surface area contributed by atoms with Gasteiger partial charge in [-0.15, -0.1) is 0 Å². The molecule has 0 amide bonds. The minimum absolute atomic E-state index is 0.304. The van der Waals surface area contributed by atoms with Gasteiger partial charge in [0, 0.05) is 29.9 Å². The summed E-state index contributed by atoms with van der Waals surface area (Å²) in [6.07, 6.45) is 1.53. The Kier molecular flexibility index (Phi) is 3.49. The molecule has 1 saturated heterocycles. The first kappa shape index (κ1) is 13.8. The van der Waals surface area contributed by atoms with Gasteiger partial charge in [0.05, 0.1) is 11.4 Å². The lowest BCUT2D eigenvalue weighted by Gasteiger charge is -2.33. The van der Waals surface area contributed by atoms with Crippen molar-refractivity contribution >= 4 is 22.6 Å². The van der Waals surface area contributed by atoms with Gasteiger partial charge in [-0.05, 0) is 44.0 Å². The Hall–Kier alpha value is -2.17. The van der Waals surface area contributed by atoms with Crippen molar-refractivity contribution in [1.29, 1.82) is 0 Å². The summed E-state index contributed by atoms with van der Waals surface area (Å²) >= 11 is 0. The van der Waals surface area contributed by atoms with Gasteiger partial charge >= 0.3 is 5.97 Å². The monoisotopic (exact) mass is 288 g/mol. The van der Waals surface area contributed by atoms with Gasteiger partial charge in [0.25, 0.3) is 0 Å². The summed E-state index contributed by atoms with van der Waals surface area (Å²) in [5.74, 6) is -1.43. The fourth-order valence-electron chi connectivity index (χ4n) is 2.97. The molecule has 2 heterocycles. The highest BCUT2D eigenvalue weighted by molar-refractivity contribution is 5.92. The second-order valence-electron chi connectivity index (χ2n) is 5.57. The first-order chi connectivity index (χ1) is 10.0. The maximum absolute atomic E-state index is 13.5. The van der Waals surface area contributed by atoms with Gasteiger partial charge in [-0.3, -0.25) is 9.78 Å². The van der Waals surface area contributed by atoms with Crippen LogP contribution in [0.25, 0.3) is 10.9 Å². The molecule has 1 aliphatic rings. The molecule has 0 bridgehead atoms. The van der Waals surface area contributed by atoms with Crippen LogP contribution in [0.5, 0.6) is 0 Å². The Bertz CT molecular complexity index is 702. The van der Waals surface area contributed by atoms with Crippen molar-refractivity contribution in [2.75, 3.05) is 18.0 Å². The van der Waals surface area contributed by atoms with Crippen LogP contribution in [-0.4, -0.2) is 29.1 Å². The second kappa shape index (κ2) is 5.31. The molecule has 5 heteroatoms. The van der Waals surface area contributed by atoms with Crippen LogP contribution < -0.4 is 4.90 Å². The van der Waals surface area contributed by atoms with E-state index in [0.717, 1.165) is 35.2 Å². The Morgan fingerprint density at radius 1 is 1.43 bits per heavy atom. The van der Waals surface area contributed by atoms with E-state index in [2.05, 4.69) is 4.98 Å². The third-order valence-corrected chi connectivity index (χ3v) is 3.99. The van der Waals surface area contributed by atoms with Crippen LogP contribution in [0.1, 0.15) is 18.5 Å². The lowest BCUT2D eigenvalue weighted by Crippen LogP contribution is -2.38. The Labute approximate surface area is 122 Å². The van der Waals surface area contributed by atoms with Crippen molar-refractivity contribution in [1.82, 2.24) is 4.98 Å². The Balaban J connectivity index is 2.06. The van der Waals surface area contributed by atoms with E-state index in [-0.39, 0.29) is 11.7 Å². The summed E-state index contributed by atoms with van der Waals surface area (Å²) in [5, 5.41) is 9.96. The fourth-order valence-corrected chi connectivity index (χ4v) is 2.97. The largest absolute Gasteiger partial charge is 0.481 e. The number of halogens is 1. The summed E-state index contributed by atoms with van der Waals surface area (Å²) in [7, 11) is 0. The first-order valence-electron chi connectivity index (χ1n) is 7.09. The fraction of sp³-hybridized carbons (Fsp3) is 0.375. The molecule has 1 fully saturated rings. The van der Waals surface area contributed by atoms with Crippen LogP contribution in [0.2, 0.25) is 0 Å². The molecule has 0 saturated carbocycles. The van der Waals surface area contributed by atoms with Crippen molar-refractivity contribution in [3.05, 3.63) is 35.8 Å². The van der Waals surface area contributed by atoms with Crippen molar-refractivity contribution < 1.29 is 14.3 Å². The summed E-state index contributed by atoms with van der Waals surface area (Å²) in [5.41, 5.74) is 2.47. The highest BCUT2D eigenvalue weighted by Crippen LogP contribution is 2.31. The maximum Gasteiger partial charge on any atom is 0.308 e. The lowest BCUT2D eigenvalue weighted by molar-refractivity contribution is -0.141. The van der Waals surface area contributed by atoms with Gasteiger partial charge in [0.15, 0.2) is 0 Å². The number of nitrogens with zero attached hydrogens (tertiary/aromatic N) is 2. The molecule has 110 valence electrons. The van der Waals surface area contributed by atoms with Crippen molar-refractivity contribution in [3.63, 3.8) is 0 Å². The lowest BCUT2D eigenvalue weighted by atomic mass is 9.97. The van der Waals surface area contributed by atoms with Crippen LogP contribution >= 0.6 is 0 Å². The molecule has 1 aromatic carbocycles. The number of benzene rings is 1. The minimum Gasteiger partial charge on any atom is -0.481 e. The molecular weight excluding hydrogens is 271 g/mol. The topological polar surface area (TPSA) is 53.4 Å². The maximum atomic E-state index is 13.5. The van der Waals surface area contributed by atoms with Crippen LogP contribution in [0.3, 0.4) is 0 Å². The van der Waals surface area contributed by atoms with Crippen molar-refractivity contribution in [2.45, 2.75) is 19.8 Å². The minimum atomic E-state index is -0.763. The number of aryl methyl sites for hydroxylation is 1. The van der Waals surface area contributed by atoms with E-state index in [1.54, 1.807) is 6.07 Å². The molecule has 1 atom stereocenters. The molecule has 2 aromatic rings. The SMILES string of the molecule is Cc1cc(N2CCCC(C(=O)O)C2)c2cc(F)ccc2n1. The summed E-state index contributed by atoms with van der Waals surface area (Å²) < 4.78 is 13.5. The number of fused-ring (bicyclic) bond motifs is 1. The molecule has 0 aliphatic carbocycles. The summed E-state index contributed by atoms with van der Waals surface area (Å²) in [6.45, 7) is 3.15. The van der Waals surface area contributed by atoms with Gasteiger partial charge in [-0.25, -0.2) is 4.39 Å². The predicted molar refractivity (Wildman–Crippen MR) is 79.0 cm³/mol. The Morgan fingerprint density at radius 3 is 3.00 bits per heavy atom. The predicted octanol–water partition coefficient (Wildman–Crippen LogP) is 2.98. The van der Waals surface area contributed by atoms with Crippen LogP contribution in [0, 0.1) is 18.7 Å². The smallest absolute Gasteiger partial charge is 0.308 e. The second-order valence-corrected chi connectivity index (χ2v) is 5.57. The molecule has 0 radical (unpaired) electrons. The zero-order valence-corrected chi connectivity index (χ0v) is 11.8. The number of rotatable bonds is 2. The van der Waals surface area contributed by atoms with E-state index in [1.165, 1.54) is 12.1 Å². The van der Waals surface area contributed by atoms with E-state index in [9.17, 15) is 14.3 Å². The normalized spacial score (nSPS) is 19.0. The van der Waals surface area contributed by atoms with Crippen molar-refractivity contribution in [3.8, 4) is 0 Å². The number of aromatic nitrogens is 1. The number of carbonyl (C=O) groups is 1. The van der Waals surface area contributed by atoms with Gasteiger partial charge in [-0.1, -0.05) is 0 Å². The first-order valence-corrected chi connectivity index (χ1v) is 7.09. The third-order valence-electron chi connectivity index (χ3n) is 3.99. The number of anilines is 1. The molecule has 1 aromatic heterocycles.